The maximum Gasteiger partial charge on any atom is 0.419 e. The highest BCUT2D eigenvalue weighted by Gasteiger charge is 2.34. The van der Waals surface area contributed by atoms with E-state index in [0.717, 1.165) is 12.4 Å². The average molecular weight is 319 g/mol. The van der Waals surface area contributed by atoms with Crippen molar-refractivity contribution in [1.82, 2.24) is 14.8 Å². The summed E-state index contributed by atoms with van der Waals surface area (Å²) in [6.07, 6.45) is -1.35. The third-order valence-corrected chi connectivity index (χ3v) is 3.55. The van der Waals surface area contributed by atoms with E-state index < -0.39 is 17.2 Å². The molecular weight excluding hydrogens is 299 g/mol. The van der Waals surface area contributed by atoms with Crippen LogP contribution in [0.2, 0.25) is 0 Å². The van der Waals surface area contributed by atoms with Crippen LogP contribution in [0.3, 0.4) is 0 Å². The molecule has 1 saturated heterocycles. The molecule has 0 unspecified atom stereocenters. The van der Waals surface area contributed by atoms with Crippen LogP contribution in [0.4, 0.5) is 13.2 Å². The van der Waals surface area contributed by atoms with E-state index in [4.69, 9.17) is 4.84 Å². The van der Waals surface area contributed by atoms with Gasteiger partial charge in [-0.1, -0.05) is 0 Å². The smallest absolute Gasteiger partial charge is 0.367 e. The van der Waals surface area contributed by atoms with E-state index in [1.807, 2.05) is 0 Å². The second-order valence-electron chi connectivity index (χ2n) is 6.50. The highest BCUT2D eigenvalue weighted by Crippen LogP contribution is 2.31. The standard InChI is InChI=1S/C14H20F3N3O2/c1-13(2,3)12(21)22-19-6-4-11(5-7-19)20-9-10(8-18-20)14(15,16)17/h8-9,11H,4-7H2,1-3H3. The zero-order valence-electron chi connectivity index (χ0n) is 12.9. The molecule has 0 N–H and O–H groups in total. The Morgan fingerprint density at radius 2 is 1.86 bits per heavy atom. The van der Waals surface area contributed by atoms with Crippen molar-refractivity contribution in [1.29, 1.82) is 0 Å². The van der Waals surface area contributed by atoms with Crippen molar-refractivity contribution in [3.8, 4) is 0 Å². The van der Waals surface area contributed by atoms with Gasteiger partial charge >= 0.3 is 12.1 Å². The van der Waals surface area contributed by atoms with Crippen molar-refractivity contribution in [3.05, 3.63) is 18.0 Å². The molecule has 0 amide bonds. The molecule has 1 fully saturated rings. The SMILES string of the molecule is CC(C)(C)C(=O)ON1CCC(n2cc(C(F)(F)F)cn2)CC1. The molecule has 8 heteroatoms. The molecule has 0 saturated carbocycles. The predicted octanol–water partition coefficient (Wildman–Crippen LogP) is 3.04. The van der Waals surface area contributed by atoms with Gasteiger partial charge in [-0.2, -0.15) is 18.3 Å². The quantitative estimate of drug-likeness (QED) is 0.840. The van der Waals surface area contributed by atoms with Gasteiger partial charge in [-0.3, -0.25) is 4.68 Å². The summed E-state index contributed by atoms with van der Waals surface area (Å²) in [6, 6.07) is -0.110. The van der Waals surface area contributed by atoms with Crippen molar-refractivity contribution < 1.29 is 22.8 Å². The van der Waals surface area contributed by atoms with E-state index in [-0.39, 0.29) is 12.0 Å². The minimum absolute atomic E-state index is 0.110. The highest BCUT2D eigenvalue weighted by atomic mass is 19.4. The molecule has 5 nitrogen and oxygen atoms in total. The Labute approximate surface area is 127 Å². The molecule has 1 aromatic heterocycles. The van der Waals surface area contributed by atoms with Gasteiger partial charge in [0.05, 0.1) is 23.2 Å². The Morgan fingerprint density at radius 3 is 2.32 bits per heavy atom. The summed E-state index contributed by atoms with van der Waals surface area (Å²) < 4.78 is 39.1. The first-order valence-corrected chi connectivity index (χ1v) is 7.16. The van der Waals surface area contributed by atoms with Gasteiger partial charge in [-0.05, 0) is 33.6 Å². The monoisotopic (exact) mass is 319 g/mol. The van der Waals surface area contributed by atoms with Gasteiger partial charge in [0, 0.05) is 19.3 Å². The average Bonchev–Trinajstić information content (AvgIpc) is 2.88. The molecule has 0 atom stereocenters. The van der Waals surface area contributed by atoms with Crippen LogP contribution >= 0.6 is 0 Å². The second kappa shape index (κ2) is 5.91. The number of halogens is 3. The summed E-state index contributed by atoms with van der Waals surface area (Å²) in [5.41, 5.74) is -1.32. The van der Waals surface area contributed by atoms with Gasteiger partial charge in [0.2, 0.25) is 0 Å². The molecule has 2 rings (SSSR count). The minimum atomic E-state index is -4.37. The minimum Gasteiger partial charge on any atom is -0.367 e. The van der Waals surface area contributed by atoms with E-state index in [2.05, 4.69) is 5.10 Å². The zero-order chi connectivity index (χ0) is 16.5. The fraction of sp³-hybridized carbons (Fsp3) is 0.714. The third-order valence-electron chi connectivity index (χ3n) is 3.55. The number of aromatic nitrogens is 2. The van der Waals surface area contributed by atoms with Crippen LogP contribution in [0, 0.1) is 5.41 Å². The molecule has 0 aliphatic carbocycles. The summed E-state index contributed by atoms with van der Waals surface area (Å²) in [5, 5.41) is 5.37. The molecule has 1 aliphatic heterocycles. The zero-order valence-corrected chi connectivity index (χ0v) is 12.9. The van der Waals surface area contributed by atoms with Crippen LogP contribution in [0.5, 0.6) is 0 Å². The van der Waals surface area contributed by atoms with E-state index >= 15 is 0 Å². The summed E-state index contributed by atoms with van der Waals surface area (Å²) >= 11 is 0. The molecule has 1 aromatic rings. The lowest BCUT2D eigenvalue weighted by Crippen LogP contribution is -2.39. The Balaban J connectivity index is 1.90. The number of carbonyl (C=O) groups is 1. The van der Waals surface area contributed by atoms with Crippen molar-refractivity contribution >= 4 is 5.97 Å². The summed E-state index contributed by atoms with van der Waals surface area (Å²) in [5.74, 6) is -0.315. The van der Waals surface area contributed by atoms with E-state index in [1.54, 1.807) is 25.8 Å². The van der Waals surface area contributed by atoms with Crippen molar-refractivity contribution in [2.75, 3.05) is 13.1 Å². The van der Waals surface area contributed by atoms with Crippen LogP contribution in [0.25, 0.3) is 0 Å². The maximum absolute atomic E-state index is 12.6. The molecule has 124 valence electrons. The number of rotatable bonds is 2. The lowest BCUT2D eigenvalue weighted by molar-refractivity contribution is -0.205. The molecule has 2 heterocycles. The molecule has 0 radical (unpaired) electrons. The fourth-order valence-corrected chi connectivity index (χ4v) is 2.14. The van der Waals surface area contributed by atoms with Gasteiger partial charge < -0.3 is 4.84 Å². The summed E-state index contributed by atoms with van der Waals surface area (Å²) in [7, 11) is 0. The number of alkyl halides is 3. The Morgan fingerprint density at radius 1 is 1.27 bits per heavy atom. The van der Waals surface area contributed by atoms with E-state index in [0.29, 0.717) is 25.9 Å². The van der Waals surface area contributed by atoms with Gasteiger partial charge in [0.15, 0.2) is 0 Å². The molecular formula is C14H20F3N3O2. The van der Waals surface area contributed by atoms with Crippen LogP contribution in [-0.4, -0.2) is 33.9 Å². The first-order chi connectivity index (χ1) is 10.1. The van der Waals surface area contributed by atoms with Crippen LogP contribution < -0.4 is 0 Å². The first kappa shape index (κ1) is 16.8. The van der Waals surface area contributed by atoms with Crippen molar-refractivity contribution in [2.24, 2.45) is 5.41 Å². The maximum atomic E-state index is 12.6. The molecule has 0 spiro atoms. The summed E-state index contributed by atoms with van der Waals surface area (Å²) in [4.78, 5) is 17.1. The van der Waals surface area contributed by atoms with E-state index in [1.165, 1.54) is 4.68 Å². The van der Waals surface area contributed by atoms with E-state index in [9.17, 15) is 18.0 Å². The number of nitrogens with zero attached hydrogens (tertiary/aromatic N) is 3. The normalized spacial score (nSPS) is 18.5. The number of carbonyl (C=O) groups excluding carboxylic acids is 1. The van der Waals surface area contributed by atoms with Gasteiger partial charge in [-0.15, -0.1) is 5.06 Å². The number of hydrogen-bond acceptors (Lipinski definition) is 4. The highest BCUT2D eigenvalue weighted by molar-refractivity contribution is 5.75. The Hall–Kier alpha value is -1.57. The first-order valence-electron chi connectivity index (χ1n) is 7.16. The molecule has 1 aliphatic rings. The second-order valence-corrected chi connectivity index (χ2v) is 6.50. The largest absolute Gasteiger partial charge is 0.419 e. The predicted molar refractivity (Wildman–Crippen MR) is 72.6 cm³/mol. The molecule has 0 bridgehead atoms. The van der Waals surface area contributed by atoms with Crippen LogP contribution in [0.1, 0.15) is 45.2 Å². The van der Waals surface area contributed by atoms with Crippen molar-refractivity contribution in [2.45, 2.75) is 45.8 Å². The number of hydrogen-bond donors (Lipinski definition) is 0. The summed E-state index contributed by atoms with van der Waals surface area (Å²) in [6.45, 7) is 6.26. The van der Waals surface area contributed by atoms with Gasteiger partial charge in [0.1, 0.15) is 0 Å². The van der Waals surface area contributed by atoms with Gasteiger partial charge in [-0.25, -0.2) is 4.79 Å². The topological polar surface area (TPSA) is 47.4 Å². The van der Waals surface area contributed by atoms with Gasteiger partial charge in [0.25, 0.3) is 0 Å². The lowest BCUT2D eigenvalue weighted by atomic mass is 9.98. The van der Waals surface area contributed by atoms with Crippen LogP contribution in [0.15, 0.2) is 12.4 Å². The number of hydroxylamine groups is 2. The number of piperidine rings is 1. The fourth-order valence-electron chi connectivity index (χ4n) is 2.14. The molecule has 22 heavy (non-hydrogen) atoms. The lowest BCUT2D eigenvalue weighted by Gasteiger charge is -2.32. The van der Waals surface area contributed by atoms with Crippen molar-refractivity contribution in [3.63, 3.8) is 0 Å². The van der Waals surface area contributed by atoms with Crippen LogP contribution in [-0.2, 0) is 15.8 Å². The Kier molecular flexibility index (Phi) is 4.51. The third kappa shape index (κ3) is 4.00. The Bertz CT molecular complexity index is 526. The molecule has 0 aromatic carbocycles.